The summed E-state index contributed by atoms with van der Waals surface area (Å²) in [7, 11) is 0. The predicted octanol–water partition coefficient (Wildman–Crippen LogP) is 1.85. The lowest BCUT2D eigenvalue weighted by molar-refractivity contribution is -0.156. The Bertz CT molecular complexity index is 478. The predicted molar refractivity (Wildman–Crippen MR) is 71.7 cm³/mol. The van der Waals surface area contributed by atoms with Crippen LogP contribution in [0, 0.1) is 6.92 Å². The largest absolute Gasteiger partial charge is 0.458 e. The second-order valence-electron chi connectivity index (χ2n) is 5.48. The minimum atomic E-state index is -0.702. The van der Waals surface area contributed by atoms with E-state index in [-0.39, 0.29) is 5.91 Å². The molecular weight excluding hydrogens is 244 g/mol. The number of carbonyl (C=O) groups is 2. The fraction of sp³-hybridized carbons (Fsp3) is 0.500. The molecule has 0 aliphatic rings. The maximum absolute atomic E-state index is 11.9. The van der Waals surface area contributed by atoms with Gasteiger partial charge in [0.25, 0.3) is 5.91 Å². The molecule has 0 aromatic carbocycles. The normalized spacial score (nSPS) is 12.7. The number of aromatic nitrogens is 1. The van der Waals surface area contributed by atoms with Crippen LogP contribution in [0.25, 0.3) is 0 Å². The van der Waals surface area contributed by atoms with Crippen molar-refractivity contribution in [3.8, 4) is 0 Å². The van der Waals surface area contributed by atoms with E-state index in [1.165, 1.54) is 6.20 Å². The van der Waals surface area contributed by atoms with E-state index >= 15 is 0 Å². The third-order valence-electron chi connectivity index (χ3n) is 2.25. The average molecular weight is 264 g/mol. The number of pyridine rings is 1. The first-order valence-corrected chi connectivity index (χ1v) is 6.14. The maximum atomic E-state index is 11.9. The van der Waals surface area contributed by atoms with Gasteiger partial charge in [0, 0.05) is 12.4 Å². The van der Waals surface area contributed by atoms with E-state index in [0.717, 1.165) is 5.56 Å². The average Bonchev–Trinajstić information content (AvgIpc) is 2.26. The molecule has 1 atom stereocenters. The van der Waals surface area contributed by atoms with Gasteiger partial charge >= 0.3 is 5.97 Å². The number of nitrogens with zero attached hydrogens (tertiary/aromatic N) is 1. The zero-order valence-corrected chi connectivity index (χ0v) is 12.0. The summed E-state index contributed by atoms with van der Waals surface area (Å²) in [4.78, 5) is 27.6. The molecule has 0 bridgehead atoms. The molecule has 0 aliphatic carbocycles. The number of carbonyl (C=O) groups excluding carboxylic acids is 2. The monoisotopic (exact) mass is 264 g/mol. The highest BCUT2D eigenvalue weighted by Crippen LogP contribution is 2.09. The Kier molecular flexibility index (Phi) is 4.64. The van der Waals surface area contributed by atoms with Crippen LogP contribution in [0.15, 0.2) is 18.5 Å². The van der Waals surface area contributed by atoms with Gasteiger partial charge in [-0.1, -0.05) is 0 Å². The number of hydrogen-bond acceptors (Lipinski definition) is 4. The van der Waals surface area contributed by atoms with Gasteiger partial charge < -0.3 is 10.1 Å². The highest BCUT2D eigenvalue weighted by molar-refractivity contribution is 5.96. The smallest absolute Gasteiger partial charge is 0.328 e. The number of esters is 1. The standard InChI is InChI=1S/C14H20N2O3/c1-9-6-11(8-15-7-9)12(17)16-10(2)13(18)19-14(3,4)5/h6-8,10H,1-5H3,(H,16,17)/t10-/m0/s1. The van der Waals surface area contributed by atoms with Gasteiger partial charge in [0.1, 0.15) is 11.6 Å². The van der Waals surface area contributed by atoms with E-state index in [0.29, 0.717) is 5.56 Å². The topological polar surface area (TPSA) is 68.3 Å². The summed E-state index contributed by atoms with van der Waals surface area (Å²) < 4.78 is 5.19. The Labute approximate surface area is 113 Å². The lowest BCUT2D eigenvalue weighted by atomic mass is 10.2. The number of rotatable bonds is 3. The lowest BCUT2D eigenvalue weighted by Crippen LogP contribution is -2.42. The fourth-order valence-electron chi connectivity index (χ4n) is 1.41. The summed E-state index contributed by atoms with van der Waals surface area (Å²) in [6, 6.07) is 1.01. The molecule has 1 amide bonds. The molecule has 104 valence electrons. The first-order valence-electron chi connectivity index (χ1n) is 6.14. The highest BCUT2D eigenvalue weighted by Gasteiger charge is 2.23. The van der Waals surface area contributed by atoms with Crippen LogP contribution >= 0.6 is 0 Å². The second-order valence-corrected chi connectivity index (χ2v) is 5.48. The van der Waals surface area contributed by atoms with E-state index in [2.05, 4.69) is 10.3 Å². The summed E-state index contributed by atoms with van der Waals surface area (Å²) in [5.74, 6) is -0.795. The van der Waals surface area contributed by atoms with Crippen molar-refractivity contribution in [3.05, 3.63) is 29.6 Å². The first kappa shape index (κ1) is 15.1. The van der Waals surface area contributed by atoms with Gasteiger partial charge in [-0.25, -0.2) is 4.79 Å². The maximum Gasteiger partial charge on any atom is 0.328 e. The fourth-order valence-corrected chi connectivity index (χ4v) is 1.41. The van der Waals surface area contributed by atoms with Crippen molar-refractivity contribution in [1.82, 2.24) is 10.3 Å². The van der Waals surface area contributed by atoms with E-state index < -0.39 is 17.6 Å². The van der Waals surface area contributed by atoms with Crippen molar-refractivity contribution < 1.29 is 14.3 Å². The van der Waals surface area contributed by atoms with Gasteiger partial charge in [-0.3, -0.25) is 9.78 Å². The Morgan fingerprint density at radius 3 is 2.47 bits per heavy atom. The van der Waals surface area contributed by atoms with Crippen molar-refractivity contribution >= 4 is 11.9 Å². The molecule has 0 saturated carbocycles. The van der Waals surface area contributed by atoms with Crippen LogP contribution in [0.5, 0.6) is 0 Å². The zero-order valence-electron chi connectivity index (χ0n) is 12.0. The molecule has 1 heterocycles. The van der Waals surface area contributed by atoms with E-state index in [1.54, 1.807) is 40.0 Å². The number of ether oxygens (including phenoxy) is 1. The molecule has 0 spiro atoms. The molecule has 1 aromatic rings. The van der Waals surface area contributed by atoms with Crippen molar-refractivity contribution in [2.24, 2.45) is 0 Å². The van der Waals surface area contributed by atoms with Crippen LogP contribution < -0.4 is 5.32 Å². The Hall–Kier alpha value is -1.91. The summed E-state index contributed by atoms with van der Waals surface area (Å²) in [5.41, 5.74) is 0.744. The minimum absolute atomic E-state index is 0.338. The molecule has 0 saturated heterocycles. The summed E-state index contributed by atoms with van der Waals surface area (Å²) in [6.07, 6.45) is 3.12. The molecular formula is C14H20N2O3. The van der Waals surface area contributed by atoms with Gasteiger partial charge in [0.05, 0.1) is 5.56 Å². The van der Waals surface area contributed by atoms with Crippen molar-refractivity contribution in [1.29, 1.82) is 0 Å². The number of nitrogens with one attached hydrogen (secondary N) is 1. The molecule has 1 N–H and O–H groups in total. The van der Waals surface area contributed by atoms with Crippen molar-refractivity contribution in [3.63, 3.8) is 0 Å². The molecule has 1 aromatic heterocycles. The Morgan fingerprint density at radius 2 is 1.95 bits per heavy atom. The van der Waals surface area contributed by atoms with Gasteiger partial charge in [0.2, 0.25) is 0 Å². The Morgan fingerprint density at radius 1 is 1.32 bits per heavy atom. The third-order valence-corrected chi connectivity index (χ3v) is 2.25. The van der Waals surface area contributed by atoms with E-state index in [1.807, 2.05) is 6.92 Å². The van der Waals surface area contributed by atoms with Crippen LogP contribution in [0.1, 0.15) is 43.6 Å². The van der Waals surface area contributed by atoms with Crippen molar-refractivity contribution in [2.45, 2.75) is 46.3 Å². The minimum Gasteiger partial charge on any atom is -0.458 e. The summed E-state index contributed by atoms with van der Waals surface area (Å²) >= 11 is 0. The molecule has 0 aliphatic heterocycles. The van der Waals surface area contributed by atoms with Gasteiger partial charge in [-0.2, -0.15) is 0 Å². The zero-order chi connectivity index (χ0) is 14.6. The molecule has 5 nitrogen and oxygen atoms in total. The molecule has 1 rings (SSSR count). The Balaban J connectivity index is 2.64. The van der Waals surface area contributed by atoms with Gasteiger partial charge in [-0.05, 0) is 46.2 Å². The van der Waals surface area contributed by atoms with Crippen LogP contribution in [0.3, 0.4) is 0 Å². The number of amides is 1. The molecule has 0 unspecified atom stereocenters. The van der Waals surface area contributed by atoms with Gasteiger partial charge in [-0.15, -0.1) is 0 Å². The van der Waals surface area contributed by atoms with E-state index in [4.69, 9.17) is 4.74 Å². The first-order chi connectivity index (χ1) is 8.69. The molecule has 19 heavy (non-hydrogen) atoms. The van der Waals surface area contributed by atoms with Crippen LogP contribution in [-0.4, -0.2) is 28.5 Å². The van der Waals surface area contributed by atoms with Crippen molar-refractivity contribution in [2.75, 3.05) is 0 Å². The van der Waals surface area contributed by atoms with Crippen LogP contribution in [0.4, 0.5) is 0 Å². The molecule has 0 fully saturated rings. The second kappa shape index (κ2) is 5.82. The molecule has 5 heteroatoms. The summed E-state index contributed by atoms with van der Waals surface area (Å²) in [5, 5.41) is 2.59. The van der Waals surface area contributed by atoms with Gasteiger partial charge in [0.15, 0.2) is 0 Å². The quantitative estimate of drug-likeness (QED) is 0.846. The SMILES string of the molecule is Cc1cncc(C(=O)N[C@@H](C)C(=O)OC(C)(C)C)c1. The highest BCUT2D eigenvalue weighted by atomic mass is 16.6. The third kappa shape index (κ3) is 5.07. The molecule has 0 radical (unpaired) electrons. The van der Waals surface area contributed by atoms with E-state index in [9.17, 15) is 9.59 Å². The van der Waals surface area contributed by atoms with Crippen LogP contribution in [-0.2, 0) is 9.53 Å². The van der Waals surface area contributed by atoms with Crippen LogP contribution in [0.2, 0.25) is 0 Å². The lowest BCUT2D eigenvalue weighted by Gasteiger charge is -2.22. The summed E-state index contributed by atoms with van der Waals surface area (Å²) in [6.45, 7) is 8.79. The number of aryl methyl sites for hydroxylation is 1. The number of hydrogen-bond donors (Lipinski definition) is 1.